The Hall–Kier alpha value is -2.26. The maximum absolute atomic E-state index is 13.2. The van der Waals surface area contributed by atoms with Crippen molar-refractivity contribution in [1.82, 2.24) is 25.3 Å². The number of rotatable bonds is 5. The molecule has 1 aliphatic heterocycles. The number of H-pyrrole nitrogens is 1. The van der Waals surface area contributed by atoms with Gasteiger partial charge in [-0.15, -0.1) is 0 Å². The molecule has 0 amide bonds. The average molecular weight is 347 g/mol. The van der Waals surface area contributed by atoms with Gasteiger partial charge in [0.1, 0.15) is 12.1 Å². The molecule has 4 rings (SSSR count). The smallest absolute Gasteiger partial charge is 0.237 e. The van der Waals surface area contributed by atoms with Crippen LogP contribution in [0.4, 0.5) is 4.39 Å². The van der Waals surface area contributed by atoms with Crippen molar-refractivity contribution in [3.8, 4) is 0 Å². The number of aromatic nitrogens is 5. The van der Waals surface area contributed by atoms with Gasteiger partial charge in [0.2, 0.25) is 5.89 Å². The van der Waals surface area contributed by atoms with Crippen molar-refractivity contribution in [2.75, 3.05) is 13.2 Å². The zero-order valence-electron chi connectivity index (χ0n) is 12.6. The third kappa shape index (κ3) is 2.80. The quantitative estimate of drug-likeness (QED) is 0.708. The van der Waals surface area contributed by atoms with Crippen LogP contribution in [0, 0.1) is 5.82 Å². The first-order valence-corrected chi connectivity index (χ1v) is 8.40. The fraction of sp³-hybridized carbons (Fsp3) is 0.333. The third-order valence-corrected chi connectivity index (χ3v) is 4.90. The minimum absolute atomic E-state index is 0.273. The minimum Gasteiger partial charge on any atom is -0.380 e. The molecular weight excluding hydrogens is 333 g/mol. The Bertz CT molecular complexity index is 800. The fourth-order valence-corrected chi connectivity index (χ4v) is 3.39. The summed E-state index contributed by atoms with van der Waals surface area (Å²) in [6.45, 7) is 1.06. The van der Waals surface area contributed by atoms with Crippen LogP contribution in [-0.2, 0) is 15.9 Å². The summed E-state index contributed by atoms with van der Waals surface area (Å²) in [5.41, 5.74) is 0.434. The number of thioether (sulfide) groups is 1. The third-order valence-electron chi connectivity index (χ3n) is 4.04. The van der Waals surface area contributed by atoms with Crippen LogP contribution in [0.2, 0.25) is 0 Å². The van der Waals surface area contributed by atoms with Gasteiger partial charge in [0.05, 0.1) is 17.8 Å². The van der Waals surface area contributed by atoms with Gasteiger partial charge in [-0.1, -0.05) is 29.1 Å². The first-order chi connectivity index (χ1) is 11.8. The Morgan fingerprint density at radius 2 is 2.17 bits per heavy atom. The highest BCUT2D eigenvalue weighted by molar-refractivity contribution is 7.98. The summed E-state index contributed by atoms with van der Waals surface area (Å²) in [7, 11) is 0. The van der Waals surface area contributed by atoms with Gasteiger partial charge in [0.15, 0.2) is 11.0 Å². The first kappa shape index (κ1) is 15.3. The van der Waals surface area contributed by atoms with Gasteiger partial charge >= 0.3 is 0 Å². The Labute approximate surface area is 141 Å². The molecule has 1 aliphatic rings. The van der Waals surface area contributed by atoms with Crippen LogP contribution in [-0.4, -0.2) is 38.5 Å². The molecule has 0 unspecified atom stereocenters. The number of ether oxygens (including phenoxy) is 1. The first-order valence-electron chi connectivity index (χ1n) is 7.41. The summed E-state index contributed by atoms with van der Waals surface area (Å²) in [5.74, 6) is 1.28. The molecule has 1 N–H and O–H groups in total. The van der Waals surface area contributed by atoms with Crippen LogP contribution >= 0.6 is 11.8 Å². The van der Waals surface area contributed by atoms with E-state index in [9.17, 15) is 4.39 Å². The predicted octanol–water partition coefficient (Wildman–Crippen LogP) is 2.33. The Kier molecular flexibility index (Phi) is 4.03. The molecule has 0 spiro atoms. The maximum Gasteiger partial charge on any atom is 0.237 e. The minimum atomic E-state index is -0.494. The van der Waals surface area contributed by atoms with Gasteiger partial charge < -0.3 is 9.26 Å². The second-order valence-electron chi connectivity index (χ2n) is 5.48. The van der Waals surface area contributed by atoms with Crippen molar-refractivity contribution in [2.24, 2.45) is 0 Å². The van der Waals surface area contributed by atoms with E-state index < -0.39 is 5.41 Å². The van der Waals surface area contributed by atoms with Crippen molar-refractivity contribution in [1.29, 1.82) is 0 Å². The Morgan fingerprint density at radius 1 is 1.29 bits per heavy atom. The van der Waals surface area contributed by atoms with E-state index in [1.807, 2.05) is 0 Å². The molecule has 1 aromatic carbocycles. The van der Waals surface area contributed by atoms with E-state index in [0.717, 1.165) is 12.0 Å². The predicted molar refractivity (Wildman–Crippen MR) is 82.9 cm³/mol. The number of nitrogens with zero attached hydrogens (tertiary/aromatic N) is 4. The fourth-order valence-electron chi connectivity index (χ4n) is 2.77. The summed E-state index contributed by atoms with van der Waals surface area (Å²) in [6.07, 6.45) is 2.17. The summed E-state index contributed by atoms with van der Waals surface area (Å²) in [6, 6.07) is 6.39. The number of aromatic amines is 1. The van der Waals surface area contributed by atoms with E-state index in [-0.39, 0.29) is 5.82 Å². The van der Waals surface area contributed by atoms with E-state index >= 15 is 0 Å². The van der Waals surface area contributed by atoms with Gasteiger partial charge in [-0.05, 0) is 24.1 Å². The molecule has 3 heterocycles. The summed E-state index contributed by atoms with van der Waals surface area (Å²) >= 11 is 1.43. The van der Waals surface area contributed by atoms with Gasteiger partial charge in [0.25, 0.3) is 0 Å². The molecule has 0 bridgehead atoms. The van der Waals surface area contributed by atoms with Crippen molar-refractivity contribution in [3.05, 3.63) is 53.7 Å². The number of hydrogen-bond acceptors (Lipinski definition) is 7. The molecule has 7 nitrogen and oxygen atoms in total. The van der Waals surface area contributed by atoms with Crippen LogP contribution < -0.4 is 0 Å². The molecule has 1 fully saturated rings. The van der Waals surface area contributed by atoms with E-state index in [1.54, 1.807) is 12.1 Å². The standard InChI is InChI=1S/C15H14FN5O2S/c16-11-3-1-10(2-4-11)15(5-6-22-8-15)13-19-12(23-21-13)7-24-14-17-9-18-20-14/h1-4,9H,5-8H2,(H,17,18,20)/t15-/m0/s1. The Morgan fingerprint density at radius 3 is 2.88 bits per heavy atom. The highest BCUT2D eigenvalue weighted by Gasteiger charge is 2.42. The zero-order valence-corrected chi connectivity index (χ0v) is 13.4. The van der Waals surface area contributed by atoms with Gasteiger partial charge in [-0.2, -0.15) is 10.1 Å². The van der Waals surface area contributed by atoms with E-state index in [1.165, 1.54) is 30.2 Å². The summed E-state index contributed by atoms with van der Waals surface area (Å²) in [4.78, 5) is 8.56. The SMILES string of the molecule is Fc1ccc([C@]2(c3noc(CSc4ncn[nH]4)n3)CCOC2)cc1. The Balaban J connectivity index is 1.59. The molecule has 1 atom stereocenters. The monoisotopic (exact) mass is 347 g/mol. The molecule has 124 valence electrons. The average Bonchev–Trinajstić information content (AvgIpc) is 3.34. The lowest BCUT2D eigenvalue weighted by molar-refractivity contribution is 0.182. The van der Waals surface area contributed by atoms with Gasteiger partial charge in [0, 0.05) is 6.61 Å². The topological polar surface area (TPSA) is 89.7 Å². The molecule has 1 saturated heterocycles. The normalized spacial score (nSPS) is 20.5. The second-order valence-corrected chi connectivity index (χ2v) is 6.45. The van der Waals surface area contributed by atoms with Crippen LogP contribution in [0.25, 0.3) is 0 Å². The summed E-state index contributed by atoms with van der Waals surface area (Å²) in [5, 5.41) is 11.4. The molecule has 9 heteroatoms. The number of benzene rings is 1. The van der Waals surface area contributed by atoms with Crippen LogP contribution in [0.3, 0.4) is 0 Å². The van der Waals surface area contributed by atoms with Crippen LogP contribution in [0.5, 0.6) is 0 Å². The summed E-state index contributed by atoms with van der Waals surface area (Å²) < 4.78 is 24.2. The van der Waals surface area contributed by atoms with Crippen molar-refractivity contribution in [2.45, 2.75) is 22.7 Å². The molecule has 0 saturated carbocycles. The highest BCUT2D eigenvalue weighted by atomic mass is 32.2. The lowest BCUT2D eigenvalue weighted by atomic mass is 9.79. The maximum atomic E-state index is 13.2. The van der Waals surface area contributed by atoms with Crippen molar-refractivity contribution < 1.29 is 13.7 Å². The molecular formula is C15H14FN5O2S. The van der Waals surface area contributed by atoms with Gasteiger partial charge in [-0.25, -0.2) is 9.37 Å². The van der Waals surface area contributed by atoms with Crippen LogP contribution in [0.15, 0.2) is 40.3 Å². The molecule has 3 aromatic rings. The van der Waals surface area contributed by atoms with Crippen molar-refractivity contribution >= 4 is 11.8 Å². The lowest BCUT2D eigenvalue weighted by Crippen LogP contribution is -2.29. The largest absolute Gasteiger partial charge is 0.380 e. The second kappa shape index (κ2) is 6.33. The van der Waals surface area contributed by atoms with E-state index in [2.05, 4.69) is 25.3 Å². The molecule has 24 heavy (non-hydrogen) atoms. The highest BCUT2D eigenvalue weighted by Crippen LogP contribution is 2.38. The van der Waals surface area contributed by atoms with E-state index in [4.69, 9.17) is 9.26 Å². The zero-order chi connectivity index (χ0) is 16.4. The number of nitrogens with one attached hydrogen (secondary N) is 1. The molecule has 0 radical (unpaired) electrons. The lowest BCUT2D eigenvalue weighted by Gasteiger charge is -2.23. The van der Waals surface area contributed by atoms with E-state index in [0.29, 0.717) is 35.8 Å². The van der Waals surface area contributed by atoms with Crippen LogP contribution in [0.1, 0.15) is 23.7 Å². The molecule has 0 aliphatic carbocycles. The van der Waals surface area contributed by atoms with Gasteiger partial charge in [-0.3, -0.25) is 5.10 Å². The number of hydrogen-bond donors (Lipinski definition) is 1. The number of halogens is 1. The molecule has 2 aromatic heterocycles. The van der Waals surface area contributed by atoms with Crippen molar-refractivity contribution in [3.63, 3.8) is 0 Å².